The van der Waals surface area contributed by atoms with Crippen molar-refractivity contribution in [3.05, 3.63) is 137 Å². The Morgan fingerprint density at radius 2 is 1.45 bits per heavy atom. The normalized spacial score (nSPS) is 11.4. The molecule has 0 fully saturated rings. The summed E-state index contributed by atoms with van der Waals surface area (Å²) < 4.78 is 19.3. The van der Waals surface area contributed by atoms with Crippen LogP contribution in [0.5, 0.6) is 5.75 Å². The molecule has 1 N–H and O–H groups in total. The number of amides is 2. The molecule has 7 heteroatoms. The fourth-order valence-electron chi connectivity index (χ4n) is 4.03. The van der Waals surface area contributed by atoms with Gasteiger partial charge >= 0.3 is 0 Å². The van der Waals surface area contributed by atoms with Gasteiger partial charge in [-0.2, -0.15) is 0 Å². The third-order valence-corrected chi connectivity index (χ3v) is 6.42. The van der Waals surface area contributed by atoms with Crippen molar-refractivity contribution in [1.29, 1.82) is 0 Å². The van der Waals surface area contributed by atoms with E-state index in [1.807, 2.05) is 66.7 Å². The van der Waals surface area contributed by atoms with E-state index in [2.05, 4.69) is 5.32 Å². The molecule has 4 aromatic carbocycles. The van der Waals surface area contributed by atoms with Crippen LogP contribution in [0.15, 0.2) is 109 Å². The van der Waals surface area contributed by atoms with E-state index in [9.17, 15) is 14.0 Å². The van der Waals surface area contributed by atoms with Crippen molar-refractivity contribution in [2.45, 2.75) is 25.6 Å². The van der Waals surface area contributed by atoms with Gasteiger partial charge in [-0.25, -0.2) is 4.39 Å². The molecule has 1 atom stereocenters. The second kappa shape index (κ2) is 13.4. The van der Waals surface area contributed by atoms with E-state index < -0.39 is 6.04 Å². The second-order valence-corrected chi connectivity index (χ2v) is 9.17. The monoisotopic (exact) mass is 530 g/mol. The van der Waals surface area contributed by atoms with Crippen LogP contribution in [0.25, 0.3) is 0 Å². The van der Waals surface area contributed by atoms with E-state index in [-0.39, 0.29) is 43.7 Å². The zero-order chi connectivity index (χ0) is 26.7. The average molecular weight is 531 g/mol. The van der Waals surface area contributed by atoms with Crippen LogP contribution in [0, 0.1) is 5.82 Å². The predicted molar refractivity (Wildman–Crippen MR) is 146 cm³/mol. The summed E-state index contributed by atoms with van der Waals surface area (Å²) in [7, 11) is 0. The Morgan fingerprint density at radius 3 is 2.13 bits per heavy atom. The van der Waals surface area contributed by atoms with Gasteiger partial charge in [-0.1, -0.05) is 90.5 Å². The Kier molecular flexibility index (Phi) is 9.48. The smallest absolute Gasteiger partial charge is 0.261 e. The summed E-state index contributed by atoms with van der Waals surface area (Å²) in [5, 5.41) is 3.49. The van der Waals surface area contributed by atoms with Gasteiger partial charge in [-0.05, 0) is 47.0 Å². The molecular formula is C31H28ClFN2O3. The zero-order valence-electron chi connectivity index (χ0n) is 20.7. The van der Waals surface area contributed by atoms with Gasteiger partial charge in [0.25, 0.3) is 5.91 Å². The lowest BCUT2D eigenvalue weighted by atomic mass is 10.0. The van der Waals surface area contributed by atoms with Gasteiger partial charge in [-0.3, -0.25) is 9.59 Å². The maximum atomic E-state index is 13.6. The zero-order valence-corrected chi connectivity index (χ0v) is 21.5. The van der Waals surface area contributed by atoms with Crippen molar-refractivity contribution >= 4 is 23.4 Å². The number of ether oxygens (including phenoxy) is 1. The molecule has 0 bridgehead atoms. The minimum absolute atomic E-state index is 0.105. The molecule has 194 valence electrons. The minimum Gasteiger partial charge on any atom is -0.484 e. The number of halogens is 2. The number of rotatable bonds is 11. The number of nitrogens with zero attached hydrogens (tertiary/aromatic N) is 1. The van der Waals surface area contributed by atoms with Gasteiger partial charge < -0.3 is 15.0 Å². The van der Waals surface area contributed by atoms with Gasteiger partial charge in [0.05, 0.1) is 0 Å². The summed E-state index contributed by atoms with van der Waals surface area (Å²) in [6, 6.07) is 30.8. The van der Waals surface area contributed by atoms with Crippen LogP contribution < -0.4 is 10.1 Å². The molecule has 2 amide bonds. The standard InChI is InChI=1S/C31H28ClFN2O3/c32-28-14-8-7-11-25(28)20-34-31(37)29(19-23-9-3-1-4-10-23)35(21-24-15-17-26(33)18-16-24)30(36)22-38-27-12-5-2-6-13-27/h1-18,29H,19-22H2,(H,34,37)/t29-/m1/s1. The number of hydrogen-bond acceptors (Lipinski definition) is 3. The first-order valence-corrected chi connectivity index (χ1v) is 12.6. The van der Waals surface area contributed by atoms with E-state index in [0.29, 0.717) is 16.3 Å². The maximum absolute atomic E-state index is 13.6. The number of carbonyl (C=O) groups is 2. The fraction of sp³-hybridized carbons (Fsp3) is 0.161. The molecule has 0 aromatic heterocycles. The summed E-state index contributed by atoms with van der Waals surface area (Å²) in [5.74, 6) is -0.529. The molecule has 5 nitrogen and oxygen atoms in total. The molecule has 4 rings (SSSR count). The Hall–Kier alpha value is -4.16. The van der Waals surface area contributed by atoms with Crippen LogP contribution >= 0.6 is 11.6 Å². The third kappa shape index (κ3) is 7.67. The predicted octanol–water partition coefficient (Wildman–Crippen LogP) is 5.81. The van der Waals surface area contributed by atoms with Crippen LogP contribution in [-0.4, -0.2) is 29.4 Å². The summed E-state index contributed by atoms with van der Waals surface area (Å²) in [6.45, 7) is 0.0610. The third-order valence-electron chi connectivity index (χ3n) is 6.05. The largest absolute Gasteiger partial charge is 0.484 e. The highest BCUT2D eigenvalue weighted by molar-refractivity contribution is 6.31. The van der Waals surface area contributed by atoms with Crippen LogP contribution in [-0.2, 0) is 29.1 Å². The van der Waals surface area contributed by atoms with Crippen molar-refractivity contribution < 1.29 is 18.7 Å². The first-order chi connectivity index (χ1) is 18.5. The molecule has 0 saturated carbocycles. The summed E-state index contributed by atoms with van der Waals surface area (Å²) in [6.07, 6.45) is 0.285. The lowest BCUT2D eigenvalue weighted by Gasteiger charge is -2.31. The van der Waals surface area contributed by atoms with Gasteiger partial charge in [0, 0.05) is 24.5 Å². The molecule has 0 saturated heterocycles. The van der Waals surface area contributed by atoms with Gasteiger partial charge in [0.15, 0.2) is 6.61 Å². The highest BCUT2D eigenvalue weighted by Gasteiger charge is 2.30. The van der Waals surface area contributed by atoms with Crippen LogP contribution in [0.2, 0.25) is 5.02 Å². The highest BCUT2D eigenvalue weighted by Crippen LogP contribution is 2.18. The maximum Gasteiger partial charge on any atom is 0.261 e. The fourth-order valence-corrected chi connectivity index (χ4v) is 4.23. The minimum atomic E-state index is -0.850. The number of nitrogens with one attached hydrogen (secondary N) is 1. The van der Waals surface area contributed by atoms with E-state index in [0.717, 1.165) is 11.1 Å². The quantitative estimate of drug-likeness (QED) is 0.266. The van der Waals surface area contributed by atoms with Crippen LogP contribution in [0.3, 0.4) is 0 Å². The summed E-state index contributed by atoms with van der Waals surface area (Å²) >= 11 is 6.29. The lowest BCUT2D eigenvalue weighted by Crippen LogP contribution is -2.51. The van der Waals surface area contributed by atoms with E-state index in [4.69, 9.17) is 16.3 Å². The molecular weight excluding hydrogens is 503 g/mol. The molecule has 38 heavy (non-hydrogen) atoms. The van der Waals surface area contributed by atoms with E-state index in [1.54, 1.807) is 30.3 Å². The number of para-hydroxylation sites is 1. The van der Waals surface area contributed by atoms with Crippen molar-refractivity contribution in [1.82, 2.24) is 10.2 Å². The molecule has 0 heterocycles. The number of carbonyl (C=O) groups excluding carboxylic acids is 2. The van der Waals surface area contributed by atoms with Crippen LogP contribution in [0.4, 0.5) is 4.39 Å². The number of benzene rings is 4. The van der Waals surface area contributed by atoms with Crippen LogP contribution in [0.1, 0.15) is 16.7 Å². The topological polar surface area (TPSA) is 58.6 Å². The van der Waals surface area contributed by atoms with Gasteiger partial charge in [-0.15, -0.1) is 0 Å². The van der Waals surface area contributed by atoms with E-state index >= 15 is 0 Å². The lowest BCUT2D eigenvalue weighted by molar-refractivity contribution is -0.142. The summed E-state index contributed by atoms with van der Waals surface area (Å²) in [5.41, 5.74) is 2.35. The molecule has 4 aromatic rings. The average Bonchev–Trinajstić information content (AvgIpc) is 2.95. The first kappa shape index (κ1) is 26.9. The summed E-state index contributed by atoms with van der Waals surface area (Å²) in [4.78, 5) is 28.7. The van der Waals surface area contributed by atoms with Crippen molar-refractivity contribution in [3.63, 3.8) is 0 Å². The number of hydrogen-bond donors (Lipinski definition) is 1. The van der Waals surface area contributed by atoms with Crippen molar-refractivity contribution in [2.75, 3.05) is 6.61 Å². The van der Waals surface area contributed by atoms with Gasteiger partial charge in [0.2, 0.25) is 5.91 Å². The molecule has 0 aliphatic rings. The van der Waals surface area contributed by atoms with E-state index in [1.165, 1.54) is 17.0 Å². The Balaban J connectivity index is 1.61. The molecule has 0 aliphatic carbocycles. The molecule has 0 aliphatic heterocycles. The first-order valence-electron chi connectivity index (χ1n) is 12.3. The highest BCUT2D eigenvalue weighted by atomic mass is 35.5. The molecule has 0 unspecified atom stereocenters. The van der Waals surface area contributed by atoms with Gasteiger partial charge in [0.1, 0.15) is 17.6 Å². The molecule has 0 spiro atoms. The Labute approximate surface area is 226 Å². The van der Waals surface area contributed by atoms with Crippen molar-refractivity contribution in [2.24, 2.45) is 0 Å². The molecule has 0 radical (unpaired) electrons. The second-order valence-electron chi connectivity index (χ2n) is 8.76. The Morgan fingerprint density at radius 1 is 0.816 bits per heavy atom. The van der Waals surface area contributed by atoms with Crippen molar-refractivity contribution in [3.8, 4) is 5.75 Å². The SMILES string of the molecule is O=C(NCc1ccccc1Cl)[C@@H](Cc1ccccc1)N(Cc1ccc(F)cc1)C(=O)COc1ccccc1. The Bertz CT molecular complexity index is 1330.